The van der Waals surface area contributed by atoms with Crippen LogP contribution in [0, 0.1) is 0 Å². The number of unbranched alkanes of at least 4 members (excludes halogenated alkanes) is 2. The molecule has 0 aromatic carbocycles. The molecule has 2 saturated heterocycles. The van der Waals surface area contributed by atoms with Crippen LogP contribution in [-0.2, 0) is 9.59 Å². The molecule has 2 aliphatic rings. The quantitative estimate of drug-likeness (QED) is 0.319. The maximum atomic E-state index is 14.1. The third-order valence-corrected chi connectivity index (χ3v) is 9.86. The largest absolute Gasteiger partial charge is 0.339 e. The molecule has 0 N–H and O–H groups in total. The summed E-state index contributed by atoms with van der Waals surface area (Å²) in [5.74, 6) is -0.0418. The first-order chi connectivity index (χ1) is 17.4. The van der Waals surface area contributed by atoms with Crippen molar-refractivity contribution in [3.8, 4) is 0 Å². The normalized spacial score (nSPS) is 24.0. The second-order valence-electron chi connectivity index (χ2n) is 14.6. The SMILES string of the molecule is CCCCN(CCCC)C(=O)C=CC(=O)N(C1CC(C)(C)N(C)C(C)(C)C1)C1CC(C)(C)N(C)C(C)(C)C1. The van der Waals surface area contributed by atoms with Gasteiger partial charge in [-0.3, -0.25) is 19.4 Å². The number of hydrogen-bond acceptors (Lipinski definition) is 4. The number of hydrogen-bond donors (Lipinski definition) is 0. The molecule has 0 saturated carbocycles. The smallest absolute Gasteiger partial charge is 0.247 e. The lowest BCUT2D eigenvalue weighted by Crippen LogP contribution is -2.67. The summed E-state index contributed by atoms with van der Waals surface area (Å²) in [6.45, 7) is 24.2. The second kappa shape index (κ2) is 12.4. The van der Waals surface area contributed by atoms with Crippen LogP contribution in [0.5, 0.6) is 0 Å². The van der Waals surface area contributed by atoms with Crippen molar-refractivity contribution < 1.29 is 9.59 Å². The van der Waals surface area contributed by atoms with Crippen LogP contribution in [0.4, 0.5) is 0 Å². The molecule has 2 rings (SSSR count). The molecule has 0 aliphatic carbocycles. The molecular weight excluding hydrogens is 472 g/mol. The summed E-state index contributed by atoms with van der Waals surface area (Å²) in [6.07, 6.45) is 10.9. The zero-order valence-electron chi connectivity index (χ0n) is 27.0. The fourth-order valence-electron chi connectivity index (χ4n) is 7.05. The maximum Gasteiger partial charge on any atom is 0.247 e. The summed E-state index contributed by atoms with van der Waals surface area (Å²) in [6, 6.07) is 0.250. The molecule has 0 aromatic heterocycles. The van der Waals surface area contributed by atoms with E-state index in [4.69, 9.17) is 0 Å². The van der Waals surface area contributed by atoms with Crippen LogP contribution in [0.1, 0.15) is 121 Å². The van der Waals surface area contributed by atoms with Crippen LogP contribution < -0.4 is 0 Å². The molecule has 2 fully saturated rings. The van der Waals surface area contributed by atoms with Crippen molar-refractivity contribution in [3.63, 3.8) is 0 Å². The number of carbonyl (C=O) groups is 2. The van der Waals surface area contributed by atoms with Gasteiger partial charge in [0.15, 0.2) is 0 Å². The molecule has 0 aromatic rings. The van der Waals surface area contributed by atoms with Gasteiger partial charge in [0.2, 0.25) is 11.8 Å². The Kier molecular flexibility index (Phi) is 10.7. The average molecular weight is 533 g/mol. The Balaban J connectivity index is 2.43. The summed E-state index contributed by atoms with van der Waals surface area (Å²) >= 11 is 0. The third kappa shape index (κ3) is 7.62. The highest BCUT2D eigenvalue weighted by Crippen LogP contribution is 2.44. The van der Waals surface area contributed by atoms with Crippen LogP contribution in [0.3, 0.4) is 0 Å². The van der Waals surface area contributed by atoms with Crippen LogP contribution in [0.2, 0.25) is 0 Å². The molecule has 6 nitrogen and oxygen atoms in total. The second-order valence-corrected chi connectivity index (χ2v) is 14.6. The lowest BCUT2D eigenvalue weighted by molar-refractivity contribution is -0.144. The minimum absolute atomic E-state index is 0.00779. The monoisotopic (exact) mass is 532 g/mol. The first-order valence-corrected chi connectivity index (χ1v) is 15.2. The third-order valence-electron chi connectivity index (χ3n) is 9.86. The number of piperidine rings is 2. The zero-order chi connectivity index (χ0) is 29.1. The van der Waals surface area contributed by atoms with Crippen molar-refractivity contribution in [1.29, 1.82) is 0 Å². The zero-order valence-corrected chi connectivity index (χ0v) is 27.0. The minimum atomic E-state index is -0.0340. The molecule has 220 valence electrons. The van der Waals surface area contributed by atoms with E-state index >= 15 is 0 Å². The van der Waals surface area contributed by atoms with Crippen LogP contribution >= 0.6 is 0 Å². The van der Waals surface area contributed by atoms with Gasteiger partial charge in [0.25, 0.3) is 0 Å². The molecule has 0 bridgehead atoms. The van der Waals surface area contributed by atoms with Crippen molar-refractivity contribution in [1.82, 2.24) is 19.6 Å². The fourth-order valence-corrected chi connectivity index (χ4v) is 7.05. The van der Waals surface area contributed by atoms with Gasteiger partial charge in [-0.25, -0.2) is 0 Å². The molecular formula is C32H60N4O2. The first-order valence-electron chi connectivity index (χ1n) is 15.2. The van der Waals surface area contributed by atoms with E-state index < -0.39 is 0 Å². The van der Waals surface area contributed by atoms with E-state index in [2.05, 4.69) is 98.0 Å². The molecule has 2 heterocycles. The van der Waals surface area contributed by atoms with Crippen molar-refractivity contribution in [2.45, 2.75) is 155 Å². The van der Waals surface area contributed by atoms with Gasteiger partial charge in [-0.2, -0.15) is 0 Å². The number of rotatable bonds is 10. The van der Waals surface area contributed by atoms with E-state index in [0.717, 1.165) is 64.5 Å². The number of likely N-dealkylation sites (tertiary alicyclic amines) is 2. The predicted molar refractivity (Wildman–Crippen MR) is 160 cm³/mol. The van der Waals surface area contributed by atoms with Gasteiger partial charge in [-0.15, -0.1) is 0 Å². The molecule has 0 spiro atoms. The molecule has 0 atom stereocenters. The van der Waals surface area contributed by atoms with E-state index in [1.54, 1.807) is 12.2 Å². The Morgan fingerprint density at radius 3 is 1.29 bits per heavy atom. The van der Waals surface area contributed by atoms with Gasteiger partial charge >= 0.3 is 0 Å². The van der Waals surface area contributed by atoms with E-state index in [-0.39, 0.29) is 46.1 Å². The van der Waals surface area contributed by atoms with Crippen LogP contribution in [0.25, 0.3) is 0 Å². The number of carbonyl (C=O) groups excluding carboxylic acids is 2. The summed E-state index contributed by atoms with van der Waals surface area (Å²) in [5, 5.41) is 0. The molecule has 0 unspecified atom stereocenters. The highest BCUT2D eigenvalue weighted by atomic mass is 16.2. The molecule has 6 heteroatoms. The fraction of sp³-hybridized carbons (Fsp3) is 0.875. The van der Waals surface area contributed by atoms with Gasteiger partial charge in [0.1, 0.15) is 0 Å². The van der Waals surface area contributed by atoms with E-state index in [1.807, 2.05) is 4.90 Å². The highest BCUT2D eigenvalue weighted by Gasteiger charge is 2.50. The summed E-state index contributed by atoms with van der Waals surface area (Å²) in [7, 11) is 4.42. The van der Waals surface area contributed by atoms with Gasteiger partial charge in [0, 0.05) is 59.5 Å². The number of nitrogens with zero attached hydrogens (tertiary/aromatic N) is 4. The first kappa shape index (κ1) is 32.8. The van der Waals surface area contributed by atoms with Gasteiger partial charge in [-0.1, -0.05) is 26.7 Å². The van der Waals surface area contributed by atoms with Gasteiger partial charge in [-0.05, 0) is 108 Å². The van der Waals surface area contributed by atoms with E-state index in [1.165, 1.54) is 0 Å². The van der Waals surface area contributed by atoms with Crippen molar-refractivity contribution in [2.75, 3.05) is 27.2 Å². The lowest BCUT2D eigenvalue weighted by atomic mass is 9.73. The standard InChI is InChI=1S/C32H60N4O2/c1-13-15-19-35(20-16-14-2)27(37)17-18-28(38)36(25-21-29(3,4)33(11)30(5,6)22-25)26-23-31(7,8)34(12)32(9,10)24-26/h17-18,25-26H,13-16,19-24H2,1-12H3. The predicted octanol–water partition coefficient (Wildman–Crippen LogP) is 6.10. The number of amides is 2. The summed E-state index contributed by atoms with van der Waals surface area (Å²) in [4.78, 5) is 36.4. The molecule has 38 heavy (non-hydrogen) atoms. The maximum absolute atomic E-state index is 14.1. The minimum Gasteiger partial charge on any atom is -0.339 e. The molecule has 2 aliphatic heterocycles. The Morgan fingerprint density at radius 1 is 0.658 bits per heavy atom. The van der Waals surface area contributed by atoms with E-state index in [9.17, 15) is 9.59 Å². The molecule has 2 amide bonds. The summed E-state index contributed by atoms with van der Waals surface area (Å²) < 4.78 is 0. The Bertz CT molecular complexity index is 758. The summed E-state index contributed by atoms with van der Waals surface area (Å²) in [5.41, 5.74) is -0.119. The van der Waals surface area contributed by atoms with Crippen molar-refractivity contribution in [3.05, 3.63) is 12.2 Å². The molecule has 0 radical (unpaired) electrons. The van der Waals surface area contributed by atoms with Crippen molar-refractivity contribution in [2.24, 2.45) is 0 Å². The van der Waals surface area contributed by atoms with Crippen molar-refractivity contribution >= 4 is 11.8 Å². The Morgan fingerprint density at radius 2 is 0.974 bits per heavy atom. The average Bonchev–Trinajstić information content (AvgIpc) is 2.79. The van der Waals surface area contributed by atoms with Crippen LogP contribution in [0.15, 0.2) is 12.2 Å². The van der Waals surface area contributed by atoms with Gasteiger partial charge in [0.05, 0.1) is 0 Å². The lowest BCUT2D eigenvalue weighted by Gasteiger charge is -2.59. The Hall–Kier alpha value is -1.40. The topological polar surface area (TPSA) is 47.1 Å². The van der Waals surface area contributed by atoms with E-state index in [0.29, 0.717) is 0 Å². The highest BCUT2D eigenvalue weighted by molar-refractivity contribution is 5.97. The Labute approximate surface area is 235 Å². The van der Waals surface area contributed by atoms with Crippen LogP contribution in [-0.4, -0.2) is 92.8 Å². The van der Waals surface area contributed by atoms with Gasteiger partial charge < -0.3 is 9.80 Å².